The number of ether oxygens (including phenoxy) is 1. The van der Waals surface area contributed by atoms with Crippen molar-refractivity contribution in [3.8, 4) is 0 Å². The van der Waals surface area contributed by atoms with E-state index in [1.807, 2.05) is 6.08 Å². The highest BCUT2D eigenvalue weighted by atomic mass is 16.5. The van der Waals surface area contributed by atoms with Crippen molar-refractivity contribution in [2.75, 3.05) is 26.8 Å². The Bertz CT molecular complexity index is 212. The summed E-state index contributed by atoms with van der Waals surface area (Å²) in [4.78, 5) is 4.12. The van der Waals surface area contributed by atoms with Crippen LogP contribution in [-0.2, 0) is 4.74 Å². The minimum atomic E-state index is 0.637. The molecule has 0 bridgehead atoms. The summed E-state index contributed by atoms with van der Waals surface area (Å²) >= 11 is 0. The van der Waals surface area contributed by atoms with Crippen molar-refractivity contribution in [2.24, 2.45) is 4.99 Å². The highest BCUT2D eigenvalue weighted by Crippen LogP contribution is 2.18. The average Bonchev–Trinajstić information content (AvgIpc) is 3.05. The SMILES string of the molecule is C=CCCOCCNC(=NC)NC1CC1. The normalized spacial score (nSPS) is 16.2. The zero-order valence-electron chi connectivity index (χ0n) is 9.46. The monoisotopic (exact) mass is 211 g/mol. The number of guanidine groups is 1. The van der Waals surface area contributed by atoms with Crippen LogP contribution in [0.4, 0.5) is 0 Å². The van der Waals surface area contributed by atoms with Gasteiger partial charge in [0.2, 0.25) is 0 Å². The number of hydrogen-bond donors (Lipinski definition) is 2. The summed E-state index contributed by atoms with van der Waals surface area (Å²) < 4.78 is 5.37. The molecule has 0 spiro atoms. The second kappa shape index (κ2) is 7.29. The van der Waals surface area contributed by atoms with Crippen LogP contribution in [0.25, 0.3) is 0 Å². The summed E-state index contributed by atoms with van der Waals surface area (Å²) in [5, 5.41) is 6.52. The van der Waals surface area contributed by atoms with E-state index in [0.29, 0.717) is 12.6 Å². The molecule has 0 aromatic carbocycles. The third kappa shape index (κ3) is 6.12. The van der Waals surface area contributed by atoms with Gasteiger partial charge in [0.15, 0.2) is 5.96 Å². The first kappa shape index (κ1) is 12.0. The summed E-state index contributed by atoms with van der Waals surface area (Å²) in [6.45, 7) is 5.89. The molecule has 4 nitrogen and oxygen atoms in total. The maximum absolute atomic E-state index is 5.37. The van der Waals surface area contributed by atoms with Gasteiger partial charge in [-0.05, 0) is 19.3 Å². The van der Waals surface area contributed by atoms with Crippen molar-refractivity contribution < 1.29 is 4.74 Å². The summed E-state index contributed by atoms with van der Waals surface area (Å²) in [7, 11) is 1.79. The lowest BCUT2D eigenvalue weighted by molar-refractivity contribution is 0.143. The first-order valence-corrected chi connectivity index (χ1v) is 5.52. The first-order valence-electron chi connectivity index (χ1n) is 5.52. The molecule has 0 unspecified atom stereocenters. The van der Waals surface area contributed by atoms with Gasteiger partial charge in [-0.3, -0.25) is 4.99 Å². The van der Waals surface area contributed by atoms with E-state index in [1.54, 1.807) is 7.05 Å². The molecule has 1 aliphatic carbocycles. The van der Waals surface area contributed by atoms with E-state index in [1.165, 1.54) is 12.8 Å². The van der Waals surface area contributed by atoms with Gasteiger partial charge in [0.25, 0.3) is 0 Å². The highest BCUT2D eigenvalue weighted by Gasteiger charge is 2.21. The topological polar surface area (TPSA) is 45.6 Å². The molecule has 0 saturated heterocycles. The zero-order valence-corrected chi connectivity index (χ0v) is 9.46. The van der Waals surface area contributed by atoms with E-state index in [9.17, 15) is 0 Å². The van der Waals surface area contributed by atoms with Gasteiger partial charge in [-0.25, -0.2) is 0 Å². The van der Waals surface area contributed by atoms with Crippen LogP contribution in [0.1, 0.15) is 19.3 Å². The largest absolute Gasteiger partial charge is 0.379 e. The van der Waals surface area contributed by atoms with E-state index >= 15 is 0 Å². The molecule has 0 aromatic heterocycles. The number of nitrogens with zero attached hydrogens (tertiary/aromatic N) is 1. The van der Waals surface area contributed by atoms with Crippen LogP contribution in [0.3, 0.4) is 0 Å². The van der Waals surface area contributed by atoms with Gasteiger partial charge < -0.3 is 15.4 Å². The van der Waals surface area contributed by atoms with Crippen LogP contribution in [0, 0.1) is 0 Å². The third-order valence-corrected chi connectivity index (χ3v) is 2.15. The van der Waals surface area contributed by atoms with Crippen LogP contribution in [0.2, 0.25) is 0 Å². The van der Waals surface area contributed by atoms with Crippen molar-refractivity contribution in [1.29, 1.82) is 0 Å². The Morgan fingerprint density at radius 2 is 2.33 bits per heavy atom. The third-order valence-electron chi connectivity index (χ3n) is 2.15. The maximum Gasteiger partial charge on any atom is 0.191 e. The van der Waals surface area contributed by atoms with Crippen molar-refractivity contribution in [3.63, 3.8) is 0 Å². The Hall–Kier alpha value is -1.03. The minimum Gasteiger partial charge on any atom is -0.379 e. The smallest absolute Gasteiger partial charge is 0.191 e. The summed E-state index contributed by atoms with van der Waals surface area (Å²) in [6, 6.07) is 0.637. The molecule has 2 N–H and O–H groups in total. The molecular weight excluding hydrogens is 190 g/mol. The van der Waals surface area contributed by atoms with Gasteiger partial charge in [0, 0.05) is 19.6 Å². The lowest BCUT2D eigenvalue weighted by Crippen LogP contribution is -2.40. The minimum absolute atomic E-state index is 0.637. The van der Waals surface area contributed by atoms with Gasteiger partial charge in [-0.1, -0.05) is 6.08 Å². The second-order valence-corrected chi connectivity index (χ2v) is 3.61. The van der Waals surface area contributed by atoms with Gasteiger partial charge in [-0.2, -0.15) is 0 Å². The lowest BCUT2D eigenvalue weighted by atomic mass is 10.4. The Morgan fingerprint density at radius 1 is 1.53 bits per heavy atom. The van der Waals surface area contributed by atoms with E-state index in [0.717, 1.165) is 25.5 Å². The van der Waals surface area contributed by atoms with E-state index in [-0.39, 0.29) is 0 Å². The lowest BCUT2D eigenvalue weighted by Gasteiger charge is -2.10. The highest BCUT2D eigenvalue weighted by molar-refractivity contribution is 5.80. The number of aliphatic imine (C=N–C) groups is 1. The zero-order chi connectivity index (χ0) is 10.9. The summed E-state index contributed by atoms with van der Waals surface area (Å²) in [6.07, 6.45) is 5.29. The molecule has 1 saturated carbocycles. The van der Waals surface area contributed by atoms with Crippen molar-refractivity contribution >= 4 is 5.96 Å². The Labute approximate surface area is 91.8 Å². The van der Waals surface area contributed by atoms with Gasteiger partial charge >= 0.3 is 0 Å². The van der Waals surface area contributed by atoms with Crippen LogP contribution < -0.4 is 10.6 Å². The predicted octanol–water partition coefficient (Wildman–Crippen LogP) is 0.906. The number of nitrogens with one attached hydrogen (secondary N) is 2. The maximum atomic E-state index is 5.37. The molecule has 0 aromatic rings. The quantitative estimate of drug-likeness (QED) is 0.285. The van der Waals surface area contributed by atoms with Crippen LogP contribution >= 0.6 is 0 Å². The Balaban J connectivity index is 1.94. The fourth-order valence-electron chi connectivity index (χ4n) is 1.13. The van der Waals surface area contributed by atoms with Crippen LogP contribution in [0.5, 0.6) is 0 Å². The standard InChI is InChI=1S/C11H21N3O/c1-3-4-8-15-9-7-13-11(12-2)14-10-5-6-10/h3,10H,1,4-9H2,2H3,(H2,12,13,14). The Morgan fingerprint density at radius 3 is 2.93 bits per heavy atom. The van der Waals surface area contributed by atoms with Crippen molar-refractivity contribution in [2.45, 2.75) is 25.3 Å². The van der Waals surface area contributed by atoms with Crippen LogP contribution in [0.15, 0.2) is 17.6 Å². The molecule has 15 heavy (non-hydrogen) atoms. The van der Waals surface area contributed by atoms with Crippen molar-refractivity contribution in [1.82, 2.24) is 10.6 Å². The number of hydrogen-bond acceptors (Lipinski definition) is 2. The fourth-order valence-corrected chi connectivity index (χ4v) is 1.13. The molecular formula is C11H21N3O. The van der Waals surface area contributed by atoms with Crippen molar-refractivity contribution in [3.05, 3.63) is 12.7 Å². The first-order chi connectivity index (χ1) is 7.36. The second-order valence-electron chi connectivity index (χ2n) is 3.61. The number of rotatable bonds is 7. The molecule has 1 rings (SSSR count). The van der Waals surface area contributed by atoms with Crippen LogP contribution in [-0.4, -0.2) is 38.8 Å². The molecule has 0 radical (unpaired) electrons. The molecule has 0 aliphatic heterocycles. The Kier molecular flexibility index (Phi) is 5.85. The predicted molar refractivity (Wildman–Crippen MR) is 63.2 cm³/mol. The van der Waals surface area contributed by atoms with E-state index in [2.05, 4.69) is 22.2 Å². The van der Waals surface area contributed by atoms with Gasteiger partial charge in [0.05, 0.1) is 13.2 Å². The van der Waals surface area contributed by atoms with E-state index in [4.69, 9.17) is 4.74 Å². The van der Waals surface area contributed by atoms with Gasteiger partial charge in [0.1, 0.15) is 0 Å². The molecule has 1 fully saturated rings. The molecule has 0 amide bonds. The molecule has 4 heteroatoms. The van der Waals surface area contributed by atoms with Gasteiger partial charge in [-0.15, -0.1) is 6.58 Å². The summed E-state index contributed by atoms with van der Waals surface area (Å²) in [5.74, 6) is 0.879. The molecule has 1 aliphatic rings. The summed E-state index contributed by atoms with van der Waals surface area (Å²) in [5.41, 5.74) is 0. The molecule has 86 valence electrons. The molecule has 0 atom stereocenters. The average molecular weight is 211 g/mol. The van der Waals surface area contributed by atoms with E-state index < -0.39 is 0 Å². The fraction of sp³-hybridized carbons (Fsp3) is 0.727. The molecule has 0 heterocycles.